The molecule has 0 fully saturated rings. The van der Waals surface area contributed by atoms with Crippen molar-refractivity contribution in [2.45, 2.75) is 53.4 Å². The molecule has 0 N–H and O–H groups in total. The van der Waals surface area contributed by atoms with Gasteiger partial charge < -0.3 is 0 Å². The molecule has 0 bridgehead atoms. The highest BCUT2D eigenvalue weighted by Gasteiger charge is 2.21. The Morgan fingerprint density at radius 1 is 0.889 bits per heavy atom. The predicted octanol–water partition coefficient (Wildman–Crippen LogP) is 9.93. The quantitative estimate of drug-likeness (QED) is 0.235. The number of aromatic nitrogens is 1. The van der Waals surface area contributed by atoms with Crippen LogP contribution >= 0.6 is 11.3 Å². The van der Waals surface area contributed by atoms with Crippen molar-refractivity contribution >= 4 is 32.2 Å². The van der Waals surface area contributed by atoms with Gasteiger partial charge in [-0.2, -0.15) is 0 Å². The summed E-state index contributed by atoms with van der Waals surface area (Å²) in [6.07, 6.45) is 2.23. The standard InChI is InChI=1S/C33H34FNS/c1-21-26-15-16-35-29(25-17-24-9-7-8-10-27(24)28(18-25)32(2,3)4)31(26)36-30(21)23-13-11-22(12-14-23)19-33(5,6)20-34/h7-18H,19-20H2,1-6H3/i20D2. The number of nitrogens with zero attached hydrogens (tertiary/aromatic N) is 1. The summed E-state index contributed by atoms with van der Waals surface area (Å²) in [4.78, 5) is 6.06. The van der Waals surface area contributed by atoms with E-state index >= 15 is 0 Å². The third kappa shape index (κ3) is 4.57. The van der Waals surface area contributed by atoms with Gasteiger partial charge in [-0.1, -0.05) is 83.1 Å². The minimum Gasteiger partial charge on any atom is -0.255 e. The molecule has 0 atom stereocenters. The largest absolute Gasteiger partial charge is 0.255 e. The summed E-state index contributed by atoms with van der Waals surface area (Å²) in [6, 6.07) is 23.3. The molecule has 184 valence electrons. The first-order chi connectivity index (χ1) is 17.8. The molecule has 2 aromatic heterocycles. The van der Waals surface area contributed by atoms with E-state index in [0.29, 0.717) is 6.42 Å². The van der Waals surface area contributed by atoms with Crippen LogP contribution in [0.3, 0.4) is 0 Å². The normalized spacial score (nSPS) is 13.8. The van der Waals surface area contributed by atoms with Gasteiger partial charge in [0.2, 0.25) is 0 Å². The van der Waals surface area contributed by atoms with Crippen molar-refractivity contribution in [3.8, 4) is 21.7 Å². The SMILES string of the molecule is [2H]C([2H])(F)C(C)(C)Cc1ccc(-c2sc3c(-c4cc(C(C)(C)C)c5ccccc5c4)nccc3c2C)cc1. The van der Waals surface area contributed by atoms with Crippen LogP contribution in [0.4, 0.5) is 4.39 Å². The second-order valence-electron chi connectivity index (χ2n) is 11.4. The first kappa shape index (κ1) is 22.2. The van der Waals surface area contributed by atoms with Crippen molar-refractivity contribution in [3.63, 3.8) is 0 Å². The van der Waals surface area contributed by atoms with Crippen LogP contribution in [0.25, 0.3) is 42.6 Å². The second-order valence-corrected chi connectivity index (χ2v) is 12.5. The molecule has 0 saturated carbocycles. The van der Waals surface area contributed by atoms with Crippen molar-refractivity contribution in [3.05, 3.63) is 89.6 Å². The Bertz CT molecular complexity index is 1640. The van der Waals surface area contributed by atoms with Crippen LogP contribution in [0.1, 0.15) is 54.1 Å². The highest BCUT2D eigenvalue weighted by Crippen LogP contribution is 2.43. The van der Waals surface area contributed by atoms with E-state index < -0.39 is 12.0 Å². The van der Waals surface area contributed by atoms with Crippen molar-refractivity contribution < 1.29 is 7.13 Å². The van der Waals surface area contributed by atoms with Crippen LogP contribution in [-0.4, -0.2) is 11.6 Å². The van der Waals surface area contributed by atoms with Crippen LogP contribution in [-0.2, 0) is 11.8 Å². The van der Waals surface area contributed by atoms with Crippen LogP contribution in [0, 0.1) is 12.3 Å². The molecule has 3 aromatic carbocycles. The summed E-state index contributed by atoms with van der Waals surface area (Å²) in [5, 5.41) is 3.71. The van der Waals surface area contributed by atoms with Crippen molar-refractivity contribution in [2.75, 3.05) is 6.63 Å². The number of hydrogen-bond acceptors (Lipinski definition) is 2. The van der Waals surface area contributed by atoms with Gasteiger partial charge in [-0.25, -0.2) is 0 Å². The Morgan fingerprint density at radius 2 is 1.61 bits per heavy atom. The van der Waals surface area contributed by atoms with Crippen LogP contribution in [0.2, 0.25) is 0 Å². The van der Waals surface area contributed by atoms with E-state index in [0.717, 1.165) is 22.4 Å². The molecule has 0 amide bonds. The van der Waals surface area contributed by atoms with E-state index in [2.05, 4.69) is 82.3 Å². The van der Waals surface area contributed by atoms with Gasteiger partial charge in [-0.15, -0.1) is 11.3 Å². The molecule has 0 aliphatic carbocycles. The fourth-order valence-electron chi connectivity index (χ4n) is 5.01. The average Bonchev–Trinajstić information content (AvgIpc) is 3.19. The van der Waals surface area contributed by atoms with E-state index in [4.69, 9.17) is 7.73 Å². The third-order valence-electron chi connectivity index (χ3n) is 6.91. The molecule has 5 aromatic rings. The summed E-state index contributed by atoms with van der Waals surface area (Å²) in [6.45, 7) is 9.44. The molecule has 0 saturated heterocycles. The Labute approximate surface area is 220 Å². The lowest BCUT2D eigenvalue weighted by atomic mass is 9.82. The van der Waals surface area contributed by atoms with E-state index in [-0.39, 0.29) is 5.41 Å². The van der Waals surface area contributed by atoms with Gasteiger partial charge in [0.15, 0.2) is 0 Å². The molecule has 0 radical (unpaired) electrons. The minimum atomic E-state index is -2.74. The fourth-order valence-corrected chi connectivity index (χ4v) is 6.33. The van der Waals surface area contributed by atoms with E-state index in [1.54, 1.807) is 25.2 Å². The van der Waals surface area contributed by atoms with Gasteiger partial charge in [0.05, 0.1) is 19.8 Å². The summed E-state index contributed by atoms with van der Waals surface area (Å²) in [5.41, 5.74) is 5.59. The van der Waals surface area contributed by atoms with Crippen LogP contribution < -0.4 is 0 Å². The maximum atomic E-state index is 14.1. The molecule has 0 unspecified atom stereocenters. The zero-order valence-corrected chi connectivity index (χ0v) is 22.7. The van der Waals surface area contributed by atoms with Gasteiger partial charge in [0.1, 0.15) is 0 Å². The number of benzene rings is 3. The Morgan fingerprint density at radius 3 is 2.31 bits per heavy atom. The smallest absolute Gasteiger partial charge is 0.0948 e. The molecule has 2 heterocycles. The fraction of sp³-hybridized carbons (Fsp3) is 0.303. The number of halogens is 1. The summed E-state index contributed by atoms with van der Waals surface area (Å²) in [5.74, 6) is 0. The van der Waals surface area contributed by atoms with E-state index in [1.807, 2.05) is 18.3 Å². The lowest BCUT2D eigenvalue weighted by Crippen LogP contribution is -2.17. The molecule has 3 heteroatoms. The molecule has 0 aliphatic rings. The van der Waals surface area contributed by atoms with Crippen molar-refractivity contribution in [1.82, 2.24) is 4.98 Å². The summed E-state index contributed by atoms with van der Waals surface area (Å²) < 4.78 is 30.3. The molecular weight excluding hydrogens is 461 g/mol. The van der Waals surface area contributed by atoms with Crippen molar-refractivity contribution in [1.29, 1.82) is 0 Å². The Kier molecular flexibility index (Phi) is 5.62. The number of alkyl halides is 1. The topological polar surface area (TPSA) is 12.9 Å². The predicted molar refractivity (Wildman–Crippen MR) is 155 cm³/mol. The van der Waals surface area contributed by atoms with Gasteiger partial charge in [-0.3, -0.25) is 9.37 Å². The molecule has 1 nitrogen and oxygen atoms in total. The van der Waals surface area contributed by atoms with Gasteiger partial charge in [0.25, 0.3) is 0 Å². The zero-order chi connectivity index (χ0) is 27.5. The van der Waals surface area contributed by atoms with Crippen LogP contribution in [0.5, 0.6) is 0 Å². The number of aryl methyl sites for hydroxylation is 1. The first-order valence-corrected chi connectivity index (χ1v) is 13.3. The summed E-state index contributed by atoms with van der Waals surface area (Å²) in [7, 11) is 0. The number of rotatable bonds is 5. The van der Waals surface area contributed by atoms with Crippen molar-refractivity contribution in [2.24, 2.45) is 5.41 Å². The van der Waals surface area contributed by atoms with E-state index in [1.165, 1.54) is 36.9 Å². The van der Waals surface area contributed by atoms with Crippen LogP contribution in [0.15, 0.2) is 72.9 Å². The lowest BCUT2D eigenvalue weighted by molar-refractivity contribution is 0.256. The van der Waals surface area contributed by atoms with Gasteiger partial charge in [0, 0.05) is 16.6 Å². The molecule has 5 rings (SSSR count). The Hall–Kier alpha value is -3.04. The number of fused-ring (bicyclic) bond motifs is 2. The molecular formula is C33H34FNS. The number of thiophene rings is 1. The molecule has 0 aliphatic heterocycles. The molecule has 36 heavy (non-hydrogen) atoms. The minimum absolute atomic E-state index is 0.00190. The van der Waals surface area contributed by atoms with E-state index in [9.17, 15) is 4.39 Å². The maximum absolute atomic E-state index is 14.1. The highest BCUT2D eigenvalue weighted by atomic mass is 32.1. The molecule has 0 spiro atoms. The average molecular weight is 498 g/mol. The Balaban J connectivity index is 1.59. The first-order valence-electron chi connectivity index (χ1n) is 13.5. The highest BCUT2D eigenvalue weighted by molar-refractivity contribution is 7.23. The second kappa shape index (κ2) is 9.12. The maximum Gasteiger partial charge on any atom is 0.0948 e. The summed E-state index contributed by atoms with van der Waals surface area (Å²) >= 11 is 1.76. The van der Waals surface area contributed by atoms with Gasteiger partial charge >= 0.3 is 0 Å². The van der Waals surface area contributed by atoms with Gasteiger partial charge in [-0.05, 0) is 80.8 Å². The number of pyridine rings is 1. The lowest BCUT2D eigenvalue weighted by Gasteiger charge is -2.22. The third-order valence-corrected chi connectivity index (χ3v) is 8.28. The monoisotopic (exact) mass is 497 g/mol. The zero-order valence-electron chi connectivity index (χ0n) is 23.9. The number of hydrogen-bond donors (Lipinski definition) is 0.